The summed E-state index contributed by atoms with van der Waals surface area (Å²) in [5, 5.41) is 12.6. The molecule has 1 fully saturated rings. The minimum absolute atomic E-state index is 0.0928. The number of hydrogen-bond donors (Lipinski definition) is 2. The number of likely N-dealkylation sites (tertiary alicyclic amines) is 1. The Labute approximate surface area is 104 Å². The van der Waals surface area contributed by atoms with Gasteiger partial charge in [-0.05, 0) is 32.7 Å². The molecule has 2 N–H and O–H groups in total. The molecule has 17 heavy (non-hydrogen) atoms. The van der Waals surface area contributed by atoms with Crippen LogP contribution in [0.3, 0.4) is 0 Å². The van der Waals surface area contributed by atoms with E-state index in [1.807, 2.05) is 6.92 Å². The van der Waals surface area contributed by atoms with Gasteiger partial charge in [0.25, 0.3) is 0 Å². The van der Waals surface area contributed by atoms with Crippen molar-refractivity contribution in [1.29, 1.82) is 0 Å². The van der Waals surface area contributed by atoms with Crippen LogP contribution >= 0.6 is 0 Å². The van der Waals surface area contributed by atoms with Crippen molar-refractivity contribution in [3.63, 3.8) is 0 Å². The first-order chi connectivity index (χ1) is 8.15. The lowest BCUT2D eigenvalue weighted by Gasteiger charge is -2.33. The molecule has 100 valence electrons. The summed E-state index contributed by atoms with van der Waals surface area (Å²) in [4.78, 5) is 14.0. The second-order valence-electron chi connectivity index (χ2n) is 4.97. The van der Waals surface area contributed by atoms with Gasteiger partial charge in [0.1, 0.15) is 0 Å². The van der Waals surface area contributed by atoms with E-state index in [0.717, 1.165) is 38.8 Å². The van der Waals surface area contributed by atoms with Crippen molar-refractivity contribution in [1.82, 2.24) is 10.2 Å². The van der Waals surface area contributed by atoms with E-state index in [-0.39, 0.29) is 18.1 Å². The zero-order valence-corrected chi connectivity index (χ0v) is 11.1. The Morgan fingerprint density at radius 3 is 2.94 bits per heavy atom. The van der Waals surface area contributed by atoms with Crippen LogP contribution in [0.5, 0.6) is 0 Å². The highest BCUT2D eigenvalue weighted by atomic mass is 16.3. The fourth-order valence-corrected chi connectivity index (χ4v) is 2.24. The van der Waals surface area contributed by atoms with E-state index in [9.17, 15) is 9.90 Å². The van der Waals surface area contributed by atoms with Gasteiger partial charge in [-0.25, -0.2) is 0 Å². The number of aliphatic hydroxyl groups is 1. The number of unbranched alkanes of at least 4 members (excludes halogenated alkanes) is 2. The molecule has 4 heteroatoms. The second-order valence-corrected chi connectivity index (χ2v) is 4.97. The lowest BCUT2D eigenvalue weighted by atomic mass is 10.1. The zero-order valence-electron chi connectivity index (χ0n) is 11.1. The minimum atomic E-state index is -0.265. The Bertz CT molecular complexity index is 233. The molecule has 1 unspecified atom stereocenters. The Balaban J connectivity index is 2.25. The van der Waals surface area contributed by atoms with Gasteiger partial charge in [-0.3, -0.25) is 9.69 Å². The molecule has 1 heterocycles. The zero-order chi connectivity index (χ0) is 12.7. The van der Waals surface area contributed by atoms with E-state index in [2.05, 4.69) is 17.1 Å². The number of hydrogen-bond acceptors (Lipinski definition) is 3. The highest BCUT2D eigenvalue weighted by molar-refractivity contribution is 5.81. The van der Waals surface area contributed by atoms with Gasteiger partial charge in [0, 0.05) is 13.1 Å². The molecule has 2 atom stereocenters. The first kappa shape index (κ1) is 14.5. The lowest BCUT2D eigenvalue weighted by Crippen LogP contribution is -2.50. The number of nitrogens with zero attached hydrogens (tertiary/aromatic N) is 1. The quantitative estimate of drug-likeness (QED) is 0.687. The Morgan fingerprint density at radius 2 is 2.29 bits per heavy atom. The fraction of sp³-hybridized carbons (Fsp3) is 0.923. The summed E-state index contributed by atoms with van der Waals surface area (Å²) >= 11 is 0. The van der Waals surface area contributed by atoms with Crippen LogP contribution in [0.2, 0.25) is 0 Å². The van der Waals surface area contributed by atoms with Gasteiger partial charge in [0.15, 0.2) is 0 Å². The number of carbonyl (C=O) groups is 1. The number of β-amino-alcohol motifs (C(OH)–C–C–N with tert-alkyl or cyclic N) is 1. The fourth-order valence-electron chi connectivity index (χ4n) is 2.24. The monoisotopic (exact) mass is 242 g/mol. The van der Waals surface area contributed by atoms with E-state index in [0.29, 0.717) is 6.54 Å². The van der Waals surface area contributed by atoms with Crippen molar-refractivity contribution in [3.05, 3.63) is 0 Å². The Kier molecular flexibility index (Phi) is 6.52. The summed E-state index contributed by atoms with van der Waals surface area (Å²) in [5.74, 6) is 0.0928. The number of carbonyl (C=O) groups excluding carboxylic acids is 1. The van der Waals surface area contributed by atoms with Crippen LogP contribution in [0.25, 0.3) is 0 Å². The highest BCUT2D eigenvalue weighted by Crippen LogP contribution is 2.12. The maximum Gasteiger partial charge on any atom is 0.237 e. The molecule has 1 saturated heterocycles. The summed E-state index contributed by atoms with van der Waals surface area (Å²) in [7, 11) is 0. The molecule has 1 rings (SSSR count). The maximum atomic E-state index is 11.9. The average molecular weight is 242 g/mol. The third-order valence-electron chi connectivity index (χ3n) is 3.43. The first-order valence-electron chi connectivity index (χ1n) is 6.85. The standard InChI is InChI=1S/C13H26N2O2/c1-3-4-5-8-14-13(17)11(2)15-9-6-7-12(16)10-15/h11-12,16H,3-10H2,1-2H3,(H,14,17)/t11?,12-/m0/s1. The van der Waals surface area contributed by atoms with E-state index in [1.54, 1.807) is 0 Å². The number of piperidine rings is 1. The molecule has 1 aliphatic heterocycles. The predicted molar refractivity (Wildman–Crippen MR) is 68.8 cm³/mol. The summed E-state index contributed by atoms with van der Waals surface area (Å²) in [6.07, 6.45) is 4.97. The SMILES string of the molecule is CCCCCNC(=O)C(C)N1CCC[C@H](O)C1. The smallest absolute Gasteiger partial charge is 0.237 e. The van der Waals surface area contributed by atoms with Crippen LogP contribution < -0.4 is 5.32 Å². The number of aliphatic hydroxyl groups excluding tert-OH is 1. The number of rotatable bonds is 6. The predicted octanol–water partition coefficient (Wildman–Crippen LogP) is 1.14. The molecule has 4 nitrogen and oxygen atoms in total. The van der Waals surface area contributed by atoms with Crippen molar-refractivity contribution in [3.8, 4) is 0 Å². The molecular formula is C13H26N2O2. The summed E-state index contributed by atoms with van der Waals surface area (Å²) in [6.45, 7) is 6.39. The Hall–Kier alpha value is -0.610. The molecule has 0 bridgehead atoms. The average Bonchev–Trinajstić information content (AvgIpc) is 2.33. The molecule has 0 aliphatic carbocycles. The Morgan fingerprint density at radius 1 is 1.53 bits per heavy atom. The molecule has 0 aromatic rings. The van der Waals surface area contributed by atoms with Crippen LogP contribution in [0.4, 0.5) is 0 Å². The van der Waals surface area contributed by atoms with Crippen molar-refractivity contribution in [2.24, 2.45) is 0 Å². The van der Waals surface area contributed by atoms with Gasteiger partial charge < -0.3 is 10.4 Å². The van der Waals surface area contributed by atoms with Gasteiger partial charge in [-0.15, -0.1) is 0 Å². The van der Waals surface area contributed by atoms with E-state index < -0.39 is 0 Å². The van der Waals surface area contributed by atoms with E-state index >= 15 is 0 Å². The van der Waals surface area contributed by atoms with E-state index in [4.69, 9.17) is 0 Å². The van der Waals surface area contributed by atoms with Gasteiger partial charge >= 0.3 is 0 Å². The van der Waals surface area contributed by atoms with Crippen molar-refractivity contribution in [2.75, 3.05) is 19.6 Å². The highest BCUT2D eigenvalue weighted by Gasteiger charge is 2.25. The summed E-state index contributed by atoms with van der Waals surface area (Å²) < 4.78 is 0. The van der Waals surface area contributed by atoms with Gasteiger partial charge in [0.05, 0.1) is 12.1 Å². The minimum Gasteiger partial charge on any atom is -0.392 e. The number of amides is 1. The molecule has 0 aromatic heterocycles. The molecule has 0 aromatic carbocycles. The molecule has 1 amide bonds. The molecule has 0 spiro atoms. The van der Waals surface area contributed by atoms with Crippen LogP contribution in [0.15, 0.2) is 0 Å². The van der Waals surface area contributed by atoms with Crippen LogP contribution in [-0.2, 0) is 4.79 Å². The molecule has 0 saturated carbocycles. The lowest BCUT2D eigenvalue weighted by molar-refractivity contribution is -0.127. The van der Waals surface area contributed by atoms with Gasteiger partial charge in [-0.1, -0.05) is 19.8 Å². The normalized spacial score (nSPS) is 23.4. The second kappa shape index (κ2) is 7.67. The van der Waals surface area contributed by atoms with Crippen molar-refractivity contribution in [2.45, 2.75) is 58.1 Å². The van der Waals surface area contributed by atoms with Crippen LogP contribution in [-0.4, -0.2) is 47.7 Å². The summed E-state index contributed by atoms with van der Waals surface area (Å²) in [5.41, 5.74) is 0. The largest absolute Gasteiger partial charge is 0.392 e. The maximum absolute atomic E-state index is 11.9. The van der Waals surface area contributed by atoms with Crippen molar-refractivity contribution < 1.29 is 9.90 Å². The summed E-state index contributed by atoms with van der Waals surface area (Å²) in [6, 6.07) is -0.119. The van der Waals surface area contributed by atoms with Gasteiger partial charge in [-0.2, -0.15) is 0 Å². The van der Waals surface area contributed by atoms with E-state index in [1.165, 1.54) is 6.42 Å². The topological polar surface area (TPSA) is 52.6 Å². The number of nitrogens with one attached hydrogen (secondary N) is 1. The van der Waals surface area contributed by atoms with Crippen molar-refractivity contribution >= 4 is 5.91 Å². The van der Waals surface area contributed by atoms with Crippen LogP contribution in [0, 0.1) is 0 Å². The molecule has 1 aliphatic rings. The third-order valence-corrected chi connectivity index (χ3v) is 3.43. The third kappa shape index (κ3) is 5.04. The van der Waals surface area contributed by atoms with Gasteiger partial charge in [0.2, 0.25) is 5.91 Å². The molecular weight excluding hydrogens is 216 g/mol. The molecule has 0 radical (unpaired) electrons. The first-order valence-corrected chi connectivity index (χ1v) is 6.85. The van der Waals surface area contributed by atoms with Crippen LogP contribution in [0.1, 0.15) is 46.0 Å².